The molecule has 10 heteroatoms. The molecule has 1 N–H and O–H groups in total. The highest BCUT2D eigenvalue weighted by Gasteiger charge is 2.30. The minimum absolute atomic E-state index is 0.237. The zero-order valence-corrected chi connectivity index (χ0v) is 15.4. The summed E-state index contributed by atoms with van der Waals surface area (Å²) in [6.45, 7) is 1.87. The van der Waals surface area contributed by atoms with Crippen LogP contribution >= 0.6 is 11.3 Å². The summed E-state index contributed by atoms with van der Waals surface area (Å²) in [5, 5.41) is 8.76. The van der Waals surface area contributed by atoms with Gasteiger partial charge in [-0.3, -0.25) is 9.20 Å². The van der Waals surface area contributed by atoms with Gasteiger partial charge in [-0.1, -0.05) is 6.07 Å². The van der Waals surface area contributed by atoms with E-state index in [0.717, 1.165) is 17.1 Å². The van der Waals surface area contributed by atoms with E-state index in [1.165, 1.54) is 34.3 Å². The molecule has 0 aliphatic rings. The number of thiazole rings is 1. The van der Waals surface area contributed by atoms with E-state index in [2.05, 4.69) is 15.4 Å². The fourth-order valence-electron chi connectivity index (χ4n) is 2.83. The Kier molecular flexibility index (Phi) is 4.42. The quantitative estimate of drug-likeness (QED) is 0.561. The van der Waals surface area contributed by atoms with Crippen molar-refractivity contribution in [3.05, 3.63) is 70.8 Å². The Morgan fingerprint density at radius 1 is 1.32 bits per heavy atom. The molecule has 4 rings (SSSR count). The lowest BCUT2D eigenvalue weighted by Gasteiger charge is -2.10. The number of carbonyl (C=O) groups is 1. The Bertz CT molecular complexity index is 1130. The molecule has 0 spiro atoms. The Labute approximate surface area is 161 Å². The van der Waals surface area contributed by atoms with Gasteiger partial charge in [0.05, 0.1) is 40.9 Å². The zero-order valence-electron chi connectivity index (χ0n) is 14.6. The SMILES string of the molecule is Cc1c(C(=O)NCc2cn3ccsc3n2)cnn1-c1cccc(C(F)(F)F)c1. The molecule has 4 aromatic rings. The summed E-state index contributed by atoms with van der Waals surface area (Å²) in [6, 6.07) is 4.81. The second-order valence-corrected chi connectivity index (χ2v) is 6.98. The molecule has 1 amide bonds. The van der Waals surface area contributed by atoms with E-state index in [-0.39, 0.29) is 18.1 Å². The summed E-state index contributed by atoms with van der Waals surface area (Å²) in [5.41, 5.74) is 0.913. The molecule has 0 fully saturated rings. The van der Waals surface area contributed by atoms with Crippen molar-refractivity contribution in [2.24, 2.45) is 0 Å². The maximum Gasteiger partial charge on any atom is 0.416 e. The first-order valence-electron chi connectivity index (χ1n) is 8.24. The van der Waals surface area contributed by atoms with Crippen molar-refractivity contribution >= 4 is 22.2 Å². The molecule has 6 nitrogen and oxygen atoms in total. The number of hydrogen-bond donors (Lipinski definition) is 1. The summed E-state index contributed by atoms with van der Waals surface area (Å²) >= 11 is 1.49. The molecule has 0 saturated carbocycles. The molecule has 3 aromatic heterocycles. The summed E-state index contributed by atoms with van der Waals surface area (Å²) in [5.74, 6) is -0.368. The van der Waals surface area contributed by atoms with Crippen LogP contribution in [0.5, 0.6) is 0 Å². The topological polar surface area (TPSA) is 64.2 Å². The monoisotopic (exact) mass is 405 g/mol. The third-order valence-electron chi connectivity index (χ3n) is 4.25. The van der Waals surface area contributed by atoms with Crippen molar-refractivity contribution in [1.82, 2.24) is 24.5 Å². The van der Waals surface area contributed by atoms with E-state index < -0.39 is 11.7 Å². The maximum absolute atomic E-state index is 12.9. The summed E-state index contributed by atoms with van der Waals surface area (Å²) in [7, 11) is 0. The number of hydrogen-bond acceptors (Lipinski definition) is 4. The maximum atomic E-state index is 12.9. The normalized spacial score (nSPS) is 11.9. The van der Waals surface area contributed by atoms with Crippen molar-refractivity contribution in [2.75, 3.05) is 0 Å². The average molecular weight is 405 g/mol. The Morgan fingerprint density at radius 2 is 2.14 bits per heavy atom. The number of rotatable bonds is 4. The van der Waals surface area contributed by atoms with Gasteiger partial charge >= 0.3 is 6.18 Å². The van der Waals surface area contributed by atoms with Crippen molar-refractivity contribution < 1.29 is 18.0 Å². The lowest BCUT2D eigenvalue weighted by atomic mass is 10.2. The van der Waals surface area contributed by atoms with Gasteiger partial charge in [-0.15, -0.1) is 11.3 Å². The minimum atomic E-state index is -4.45. The molecule has 0 aliphatic heterocycles. The molecule has 0 bridgehead atoms. The minimum Gasteiger partial charge on any atom is -0.346 e. The van der Waals surface area contributed by atoms with Crippen LogP contribution in [0.1, 0.15) is 27.3 Å². The summed E-state index contributed by atoms with van der Waals surface area (Å²) in [4.78, 5) is 17.7. The first-order valence-corrected chi connectivity index (χ1v) is 9.12. The van der Waals surface area contributed by atoms with Crippen molar-refractivity contribution in [2.45, 2.75) is 19.6 Å². The number of amides is 1. The van der Waals surface area contributed by atoms with Crippen molar-refractivity contribution in [3.8, 4) is 5.69 Å². The Hall–Kier alpha value is -3.14. The Balaban J connectivity index is 1.52. The van der Waals surface area contributed by atoms with Crippen LogP contribution in [0.25, 0.3) is 10.6 Å². The van der Waals surface area contributed by atoms with Gasteiger partial charge in [0, 0.05) is 17.8 Å². The molecule has 0 atom stereocenters. The highest BCUT2D eigenvalue weighted by Crippen LogP contribution is 2.30. The van der Waals surface area contributed by atoms with Gasteiger partial charge in [0.25, 0.3) is 5.91 Å². The van der Waals surface area contributed by atoms with Crippen LogP contribution in [0.15, 0.2) is 48.2 Å². The van der Waals surface area contributed by atoms with Gasteiger partial charge in [0.2, 0.25) is 0 Å². The van der Waals surface area contributed by atoms with Gasteiger partial charge in [-0.2, -0.15) is 18.3 Å². The van der Waals surface area contributed by atoms with E-state index in [0.29, 0.717) is 17.0 Å². The molecule has 144 valence electrons. The van der Waals surface area contributed by atoms with Crippen LogP contribution in [-0.2, 0) is 12.7 Å². The average Bonchev–Trinajstić information content (AvgIpc) is 3.33. The summed E-state index contributed by atoms with van der Waals surface area (Å²) in [6.07, 6.45) is 0.596. The molecular weight excluding hydrogens is 391 g/mol. The fourth-order valence-corrected chi connectivity index (χ4v) is 3.55. The number of halogens is 3. The van der Waals surface area contributed by atoms with Gasteiger partial charge < -0.3 is 5.32 Å². The number of nitrogens with zero attached hydrogens (tertiary/aromatic N) is 4. The van der Waals surface area contributed by atoms with Crippen LogP contribution in [0.2, 0.25) is 0 Å². The van der Waals surface area contributed by atoms with E-state index >= 15 is 0 Å². The predicted octanol–water partition coefficient (Wildman–Crippen LogP) is 3.84. The van der Waals surface area contributed by atoms with E-state index in [4.69, 9.17) is 0 Å². The van der Waals surface area contributed by atoms with Crippen LogP contribution < -0.4 is 5.32 Å². The number of carbonyl (C=O) groups excluding carboxylic acids is 1. The number of aromatic nitrogens is 4. The van der Waals surface area contributed by atoms with E-state index in [1.54, 1.807) is 6.92 Å². The molecule has 28 heavy (non-hydrogen) atoms. The van der Waals surface area contributed by atoms with Crippen LogP contribution in [0.4, 0.5) is 13.2 Å². The number of nitrogens with one attached hydrogen (secondary N) is 1. The van der Waals surface area contributed by atoms with Crippen molar-refractivity contribution in [3.63, 3.8) is 0 Å². The highest BCUT2D eigenvalue weighted by atomic mass is 32.1. The van der Waals surface area contributed by atoms with Gasteiger partial charge in [0.15, 0.2) is 4.96 Å². The lowest BCUT2D eigenvalue weighted by molar-refractivity contribution is -0.137. The number of benzene rings is 1. The standard InChI is InChI=1S/C18H14F3N5OS/c1-11-15(16(27)22-8-13-10-25-5-6-28-17(25)24-13)9-23-26(11)14-4-2-3-12(7-14)18(19,20)21/h2-7,9-10H,8H2,1H3,(H,22,27). The largest absolute Gasteiger partial charge is 0.416 e. The highest BCUT2D eigenvalue weighted by molar-refractivity contribution is 7.15. The van der Waals surface area contributed by atoms with Crippen molar-refractivity contribution in [1.29, 1.82) is 0 Å². The fraction of sp³-hybridized carbons (Fsp3) is 0.167. The molecule has 0 saturated heterocycles. The molecule has 3 heterocycles. The number of alkyl halides is 3. The smallest absolute Gasteiger partial charge is 0.346 e. The van der Waals surface area contributed by atoms with E-state index in [9.17, 15) is 18.0 Å². The van der Waals surface area contributed by atoms with Crippen LogP contribution in [0, 0.1) is 6.92 Å². The molecule has 0 unspecified atom stereocenters. The predicted molar refractivity (Wildman–Crippen MR) is 97.5 cm³/mol. The van der Waals surface area contributed by atoms with Gasteiger partial charge in [-0.05, 0) is 25.1 Å². The molecular formula is C18H14F3N5OS. The number of fused-ring (bicyclic) bond motifs is 1. The Morgan fingerprint density at radius 3 is 2.89 bits per heavy atom. The van der Waals surface area contributed by atoms with Crippen LogP contribution in [-0.4, -0.2) is 25.1 Å². The third kappa shape index (κ3) is 3.38. The second kappa shape index (κ2) is 6.79. The first kappa shape index (κ1) is 18.2. The molecule has 0 radical (unpaired) electrons. The first-order chi connectivity index (χ1) is 13.3. The second-order valence-electron chi connectivity index (χ2n) is 6.11. The molecule has 0 aliphatic carbocycles. The lowest BCUT2D eigenvalue weighted by Crippen LogP contribution is -2.23. The number of imidazole rings is 1. The summed E-state index contributed by atoms with van der Waals surface area (Å²) < 4.78 is 42.0. The molecule has 1 aromatic carbocycles. The van der Waals surface area contributed by atoms with Crippen LogP contribution in [0.3, 0.4) is 0 Å². The van der Waals surface area contributed by atoms with Gasteiger partial charge in [-0.25, -0.2) is 9.67 Å². The van der Waals surface area contributed by atoms with Gasteiger partial charge in [0.1, 0.15) is 0 Å². The third-order valence-corrected chi connectivity index (χ3v) is 5.02. The van der Waals surface area contributed by atoms with E-state index in [1.807, 2.05) is 22.2 Å². The zero-order chi connectivity index (χ0) is 19.9.